The highest BCUT2D eigenvalue weighted by molar-refractivity contribution is 5.72. The Morgan fingerprint density at radius 2 is 2.23 bits per heavy atom. The lowest BCUT2D eigenvalue weighted by Gasteiger charge is -2.32. The van der Waals surface area contributed by atoms with E-state index in [4.69, 9.17) is 11.0 Å². The summed E-state index contributed by atoms with van der Waals surface area (Å²) in [4.78, 5) is 16.1. The number of nitrogens with one attached hydrogen (secondary N) is 1. The van der Waals surface area contributed by atoms with E-state index < -0.39 is 17.9 Å². The monoisotopic (exact) mass is 313 g/mol. The maximum Gasteiger partial charge on any atom is 0.433 e. The largest absolute Gasteiger partial charge is 0.433 e. The Hall–Kier alpha value is -2.50. The fourth-order valence-corrected chi connectivity index (χ4v) is 2.31. The number of likely N-dealkylation sites (tertiary alicyclic amines) is 1. The normalized spacial score (nSPS) is 18.6. The molecule has 1 unspecified atom stereocenters. The average Bonchev–Trinajstić information content (AvgIpc) is 2.46. The van der Waals surface area contributed by atoms with Crippen LogP contribution in [0.1, 0.15) is 24.1 Å². The summed E-state index contributed by atoms with van der Waals surface area (Å²) < 4.78 is 38.1. The fourth-order valence-electron chi connectivity index (χ4n) is 2.31. The summed E-state index contributed by atoms with van der Waals surface area (Å²) in [5, 5.41) is 11.8. The van der Waals surface area contributed by atoms with Gasteiger partial charge in [0.05, 0.1) is 5.56 Å². The van der Waals surface area contributed by atoms with E-state index in [9.17, 15) is 18.0 Å². The first-order valence-electron chi connectivity index (χ1n) is 6.60. The molecule has 2 heterocycles. The minimum absolute atomic E-state index is 0.0178. The van der Waals surface area contributed by atoms with Crippen molar-refractivity contribution in [2.75, 3.05) is 18.4 Å². The minimum Gasteiger partial charge on any atom is -0.364 e. The van der Waals surface area contributed by atoms with Crippen LogP contribution >= 0.6 is 0 Å². The number of hydrogen-bond acceptors (Lipinski definition) is 4. The predicted octanol–water partition coefficient (Wildman–Crippen LogP) is 1.93. The van der Waals surface area contributed by atoms with Crippen LogP contribution in [0.5, 0.6) is 0 Å². The average molecular weight is 313 g/mol. The number of carbonyl (C=O) groups is 1. The van der Waals surface area contributed by atoms with Crippen molar-refractivity contribution in [3.05, 3.63) is 23.4 Å². The molecule has 0 aromatic carbocycles. The number of rotatable bonds is 2. The molecule has 3 N–H and O–H groups in total. The van der Waals surface area contributed by atoms with E-state index in [2.05, 4.69) is 10.3 Å². The first kappa shape index (κ1) is 15.9. The van der Waals surface area contributed by atoms with Crippen molar-refractivity contribution in [1.29, 1.82) is 5.26 Å². The number of pyridine rings is 1. The molecule has 1 aromatic heterocycles. The number of hydrogen-bond donors (Lipinski definition) is 2. The van der Waals surface area contributed by atoms with Crippen LogP contribution in [0.25, 0.3) is 0 Å². The second kappa shape index (κ2) is 6.09. The molecule has 0 aliphatic carbocycles. The van der Waals surface area contributed by atoms with Crippen LogP contribution in [0.3, 0.4) is 0 Å². The molecule has 0 radical (unpaired) electrons. The van der Waals surface area contributed by atoms with Gasteiger partial charge in [0.2, 0.25) is 0 Å². The van der Waals surface area contributed by atoms with Crippen molar-refractivity contribution in [3.8, 4) is 6.07 Å². The van der Waals surface area contributed by atoms with Gasteiger partial charge >= 0.3 is 12.2 Å². The van der Waals surface area contributed by atoms with Gasteiger partial charge in [-0.2, -0.15) is 18.4 Å². The van der Waals surface area contributed by atoms with Gasteiger partial charge < -0.3 is 16.0 Å². The molecule has 1 aromatic rings. The Kier molecular flexibility index (Phi) is 4.40. The topological polar surface area (TPSA) is 95.0 Å². The van der Waals surface area contributed by atoms with Crippen LogP contribution in [-0.2, 0) is 6.18 Å². The third kappa shape index (κ3) is 3.58. The number of halogens is 3. The molecule has 1 saturated heterocycles. The third-order valence-corrected chi connectivity index (χ3v) is 3.38. The lowest BCUT2D eigenvalue weighted by Crippen LogP contribution is -2.47. The Bertz CT molecular complexity index is 611. The van der Waals surface area contributed by atoms with Gasteiger partial charge in [-0.05, 0) is 25.0 Å². The number of amides is 2. The van der Waals surface area contributed by atoms with Crippen LogP contribution in [0.4, 0.5) is 23.8 Å². The van der Waals surface area contributed by atoms with E-state index >= 15 is 0 Å². The number of urea groups is 1. The standard InChI is InChI=1S/C13H14F3N5O/c14-13(15,16)10-4-3-8(6-17)11(20-10)19-9-2-1-5-21(7-9)12(18)22/h3-4,9H,1-2,5,7H2,(H2,18,22)(H,19,20). The van der Waals surface area contributed by atoms with Crippen LogP contribution in [0.2, 0.25) is 0 Å². The Morgan fingerprint density at radius 1 is 1.50 bits per heavy atom. The number of alkyl halides is 3. The Balaban J connectivity index is 2.21. The van der Waals surface area contributed by atoms with E-state index in [0.29, 0.717) is 19.4 Å². The predicted molar refractivity (Wildman–Crippen MR) is 71.8 cm³/mol. The summed E-state index contributed by atoms with van der Waals surface area (Å²) in [6.07, 6.45) is -3.27. The summed E-state index contributed by atoms with van der Waals surface area (Å²) in [6, 6.07) is 2.76. The molecule has 0 bridgehead atoms. The molecule has 2 rings (SSSR count). The van der Waals surface area contributed by atoms with Gasteiger partial charge in [0, 0.05) is 19.1 Å². The van der Waals surface area contributed by atoms with Gasteiger partial charge in [-0.1, -0.05) is 0 Å². The Labute approximate surface area is 124 Å². The molecule has 6 nitrogen and oxygen atoms in total. The van der Waals surface area contributed by atoms with E-state index in [1.165, 1.54) is 4.90 Å². The maximum atomic E-state index is 12.7. The summed E-state index contributed by atoms with van der Waals surface area (Å²) in [5.41, 5.74) is 4.15. The summed E-state index contributed by atoms with van der Waals surface area (Å²) in [5.74, 6) is -0.131. The van der Waals surface area contributed by atoms with E-state index in [-0.39, 0.29) is 24.0 Å². The van der Waals surface area contributed by atoms with Gasteiger partial charge in [-0.3, -0.25) is 0 Å². The summed E-state index contributed by atoms with van der Waals surface area (Å²) >= 11 is 0. The molecule has 0 spiro atoms. The second-order valence-electron chi connectivity index (χ2n) is 4.97. The van der Waals surface area contributed by atoms with Gasteiger partial charge in [0.25, 0.3) is 0 Å². The molecule has 1 fully saturated rings. The zero-order valence-corrected chi connectivity index (χ0v) is 11.5. The molecule has 9 heteroatoms. The highest BCUT2D eigenvalue weighted by atomic mass is 19.4. The van der Waals surface area contributed by atoms with E-state index in [1.807, 2.05) is 0 Å². The molecule has 118 valence electrons. The third-order valence-electron chi connectivity index (χ3n) is 3.38. The molecule has 1 aliphatic heterocycles. The minimum atomic E-state index is -4.59. The van der Waals surface area contributed by atoms with Crippen LogP contribution in [0.15, 0.2) is 12.1 Å². The molecule has 1 atom stereocenters. The summed E-state index contributed by atoms with van der Waals surface area (Å²) in [7, 11) is 0. The maximum absolute atomic E-state index is 12.7. The Morgan fingerprint density at radius 3 is 2.82 bits per heavy atom. The van der Waals surface area contributed by atoms with Gasteiger partial charge in [-0.15, -0.1) is 0 Å². The number of nitrogens with two attached hydrogens (primary N) is 1. The van der Waals surface area contributed by atoms with Crippen molar-refractivity contribution < 1.29 is 18.0 Å². The first-order chi connectivity index (χ1) is 10.3. The van der Waals surface area contributed by atoms with Crippen molar-refractivity contribution >= 4 is 11.8 Å². The highest BCUT2D eigenvalue weighted by Crippen LogP contribution is 2.29. The molecular weight excluding hydrogens is 299 g/mol. The van der Waals surface area contributed by atoms with Crippen molar-refractivity contribution in [3.63, 3.8) is 0 Å². The van der Waals surface area contributed by atoms with Gasteiger partial charge in [0.15, 0.2) is 0 Å². The summed E-state index contributed by atoms with van der Waals surface area (Å²) in [6.45, 7) is 0.771. The van der Waals surface area contributed by atoms with Crippen LogP contribution < -0.4 is 11.1 Å². The number of aromatic nitrogens is 1. The van der Waals surface area contributed by atoms with Gasteiger partial charge in [-0.25, -0.2) is 9.78 Å². The number of primary amides is 1. The zero-order chi connectivity index (χ0) is 16.3. The number of anilines is 1. The van der Waals surface area contributed by atoms with Crippen molar-refractivity contribution in [1.82, 2.24) is 9.88 Å². The molecule has 22 heavy (non-hydrogen) atoms. The van der Waals surface area contributed by atoms with E-state index in [0.717, 1.165) is 12.1 Å². The van der Waals surface area contributed by atoms with Crippen molar-refractivity contribution in [2.45, 2.75) is 25.1 Å². The first-order valence-corrected chi connectivity index (χ1v) is 6.60. The van der Waals surface area contributed by atoms with Crippen LogP contribution in [0, 0.1) is 11.3 Å². The smallest absolute Gasteiger partial charge is 0.364 e. The quantitative estimate of drug-likeness (QED) is 0.872. The number of nitrogens with zero attached hydrogens (tertiary/aromatic N) is 3. The molecule has 2 amide bonds. The van der Waals surface area contributed by atoms with E-state index in [1.54, 1.807) is 6.07 Å². The zero-order valence-electron chi connectivity index (χ0n) is 11.5. The molecular formula is C13H14F3N5O. The fraction of sp³-hybridized carbons (Fsp3) is 0.462. The van der Waals surface area contributed by atoms with Crippen LogP contribution in [-0.4, -0.2) is 35.0 Å². The SMILES string of the molecule is N#Cc1ccc(C(F)(F)F)nc1NC1CCCN(C(N)=O)C1. The number of nitriles is 1. The number of carbonyl (C=O) groups excluding carboxylic acids is 1. The lowest BCUT2D eigenvalue weighted by atomic mass is 10.1. The van der Waals surface area contributed by atoms with Crippen molar-refractivity contribution in [2.24, 2.45) is 5.73 Å². The lowest BCUT2D eigenvalue weighted by molar-refractivity contribution is -0.141. The van der Waals surface area contributed by atoms with Gasteiger partial charge in [0.1, 0.15) is 17.6 Å². The second-order valence-corrected chi connectivity index (χ2v) is 4.97. The number of piperidine rings is 1. The molecule has 0 saturated carbocycles. The highest BCUT2D eigenvalue weighted by Gasteiger charge is 2.33. The molecule has 1 aliphatic rings.